The van der Waals surface area contributed by atoms with Crippen molar-refractivity contribution in [2.75, 3.05) is 5.32 Å². The summed E-state index contributed by atoms with van der Waals surface area (Å²) in [4.78, 5) is 17.5. The second-order valence-corrected chi connectivity index (χ2v) is 8.55. The zero-order chi connectivity index (χ0) is 23.1. The molecule has 0 spiro atoms. The standard InChI is InChI=1S/C23H21ClFN5O3/c24-16-11-26-22(28-18-7-14(31)8-21(18)32)9-20(16)29-6-5-19-15(23(29)33)10-27-30(19)12-13-3-1-2-4-17(13)25/h1-6,9-11,14,18,21,31-32H,7-8,12H2,(H,26,28)/t14-,18-,21-/m1/s1. The summed E-state index contributed by atoms with van der Waals surface area (Å²) >= 11 is 6.35. The first kappa shape index (κ1) is 21.6. The maximum atomic E-state index is 14.1. The lowest BCUT2D eigenvalue weighted by molar-refractivity contribution is 0.134. The highest BCUT2D eigenvalue weighted by Gasteiger charge is 2.32. The highest BCUT2D eigenvalue weighted by Crippen LogP contribution is 2.26. The molecule has 1 aliphatic carbocycles. The summed E-state index contributed by atoms with van der Waals surface area (Å²) in [5.74, 6) is 0.0905. The maximum Gasteiger partial charge on any atom is 0.266 e. The quantitative estimate of drug-likeness (QED) is 0.415. The monoisotopic (exact) mass is 469 g/mol. The summed E-state index contributed by atoms with van der Waals surface area (Å²) in [7, 11) is 0. The first-order valence-corrected chi connectivity index (χ1v) is 10.9. The van der Waals surface area contributed by atoms with Crippen LogP contribution in [0.2, 0.25) is 5.02 Å². The molecule has 3 heterocycles. The van der Waals surface area contributed by atoms with Gasteiger partial charge in [-0.3, -0.25) is 14.0 Å². The number of hydrogen-bond acceptors (Lipinski definition) is 6. The van der Waals surface area contributed by atoms with Crippen LogP contribution in [0.4, 0.5) is 10.2 Å². The Hall–Kier alpha value is -3.27. The van der Waals surface area contributed by atoms with Crippen molar-refractivity contribution < 1.29 is 14.6 Å². The van der Waals surface area contributed by atoms with Gasteiger partial charge in [0.25, 0.3) is 5.56 Å². The van der Waals surface area contributed by atoms with Crippen molar-refractivity contribution in [1.29, 1.82) is 0 Å². The fraction of sp³-hybridized carbons (Fsp3) is 0.261. The third kappa shape index (κ3) is 4.10. The van der Waals surface area contributed by atoms with Gasteiger partial charge in [-0.25, -0.2) is 9.37 Å². The molecule has 5 rings (SSSR count). The minimum absolute atomic E-state index is 0.194. The summed E-state index contributed by atoms with van der Waals surface area (Å²) in [6, 6.07) is 9.43. The molecule has 3 N–H and O–H groups in total. The molecule has 1 saturated carbocycles. The summed E-state index contributed by atoms with van der Waals surface area (Å²) < 4.78 is 17.0. The number of rotatable bonds is 5. The molecule has 8 nitrogen and oxygen atoms in total. The molecule has 170 valence electrons. The van der Waals surface area contributed by atoms with Crippen molar-refractivity contribution >= 4 is 28.3 Å². The Labute approximate surface area is 192 Å². The number of benzene rings is 1. The fourth-order valence-corrected chi connectivity index (χ4v) is 4.40. The van der Waals surface area contributed by atoms with Crippen LogP contribution in [0.3, 0.4) is 0 Å². The summed E-state index contributed by atoms with van der Waals surface area (Å²) in [6.45, 7) is 0.194. The van der Waals surface area contributed by atoms with Gasteiger partial charge in [-0.1, -0.05) is 29.8 Å². The van der Waals surface area contributed by atoms with Crippen LogP contribution in [0.15, 0.2) is 59.8 Å². The number of aliphatic hydroxyl groups is 2. The first-order chi connectivity index (χ1) is 15.9. The predicted molar refractivity (Wildman–Crippen MR) is 122 cm³/mol. The van der Waals surface area contributed by atoms with E-state index in [9.17, 15) is 19.4 Å². The molecule has 33 heavy (non-hydrogen) atoms. The highest BCUT2D eigenvalue weighted by molar-refractivity contribution is 6.32. The van der Waals surface area contributed by atoms with Crippen LogP contribution in [0.1, 0.15) is 18.4 Å². The van der Waals surface area contributed by atoms with Crippen LogP contribution in [-0.2, 0) is 6.54 Å². The van der Waals surface area contributed by atoms with Gasteiger partial charge >= 0.3 is 0 Å². The Bertz CT molecular complexity index is 1390. The highest BCUT2D eigenvalue weighted by atomic mass is 35.5. The van der Waals surface area contributed by atoms with Crippen LogP contribution in [0.25, 0.3) is 16.6 Å². The Balaban J connectivity index is 1.48. The average Bonchev–Trinajstić information content (AvgIpc) is 3.34. The second-order valence-electron chi connectivity index (χ2n) is 8.15. The number of aromatic nitrogens is 4. The minimum Gasteiger partial charge on any atom is -0.393 e. The molecule has 1 aliphatic rings. The topological polar surface area (TPSA) is 105 Å². The Morgan fingerprint density at radius 3 is 2.76 bits per heavy atom. The molecule has 0 unspecified atom stereocenters. The molecule has 3 aromatic heterocycles. The first-order valence-electron chi connectivity index (χ1n) is 10.5. The number of halogens is 2. The number of nitrogens with one attached hydrogen (secondary N) is 1. The van der Waals surface area contributed by atoms with E-state index in [0.717, 1.165) is 0 Å². The van der Waals surface area contributed by atoms with E-state index in [1.807, 2.05) is 0 Å². The minimum atomic E-state index is -0.694. The van der Waals surface area contributed by atoms with E-state index in [1.54, 1.807) is 41.2 Å². The van der Waals surface area contributed by atoms with Gasteiger partial charge < -0.3 is 15.5 Å². The molecule has 3 atom stereocenters. The number of aliphatic hydroxyl groups excluding tert-OH is 2. The van der Waals surface area contributed by atoms with Gasteiger partial charge in [-0.05, 0) is 18.6 Å². The van der Waals surface area contributed by atoms with Gasteiger partial charge in [-0.15, -0.1) is 0 Å². The van der Waals surface area contributed by atoms with E-state index in [-0.39, 0.29) is 29.0 Å². The van der Waals surface area contributed by atoms with Gasteiger partial charge in [0, 0.05) is 24.2 Å². The van der Waals surface area contributed by atoms with Gasteiger partial charge in [0.1, 0.15) is 11.6 Å². The summed E-state index contributed by atoms with van der Waals surface area (Å²) in [6.07, 6.45) is 3.90. The van der Waals surface area contributed by atoms with Gasteiger partial charge in [0.05, 0.1) is 58.8 Å². The molecular formula is C23H21ClFN5O3. The predicted octanol–water partition coefficient (Wildman–Crippen LogP) is 2.72. The molecule has 1 aromatic carbocycles. The van der Waals surface area contributed by atoms with Gasteiger partial charge in [-0.2, -0.15) is 5.10 Å². The summed E-state index contributed by atoms with van der Waals surface area (Å²) in [5.41, 5.74) is 1.13. The largest absolute Gasteiger partial charge is 0.393 e. The van der Waals surface area contributed by atoms with Gasteiger partial charge in [0.2, 0.25) is 0 Å². The van der Waals surface area contributed by atoms with E-state index in [4.69, 9.17) is 11.6 Å². The van der Waals surface area contributed by atoms with E-state index >= 15 is 0 Å². The zero-order valence-corrected chi connectivity index (χ0v) is 18.2. The Morgan fingerprint density at radius 2 is 2.00 bits per heavy atom. The molecule has 0 radical (unpaired) electrons. The zero-order valence-electron chi connectivity index (χ0n) is 17.4. The third-order valence-corrected chi connectivity index (χ3v) is 6.21. The number of pyridine rings is 2. The van der Waals surface area contributed by atoms with Crippen molar-refractivity contribution in [3.8, 4) is 5.69 Å². The van der Waals surface area contributed by atoms with E-state index in [1.165, 1.54) is 23.0 Å². The maximum absolute atomic E-state index is 14.1. The number of hydrogen-bond donors (Lipinski definition) is 3. The molecule has 10 heteroatoms. The molecule has 1 fully saturated rings. The van der Waals surface area contributed by atoms with Crippen LogP contribution in [0.5, 0.6) is 0 Å². The second kappa shape index (κ2) is 8.58. The van der Waals surface area contributed by atoms with Crippen molar-refractivity contribution in [3.63, 3.8) is 0 Å². The van der Waals surface area contributed by atoms with E-state index < -0.39 is 12.2 Å². The molecule has 0 aliphatic heterocycles. The molecular weight excluding hydrogens is 449 g/mol. The van der Waals surface area contributed by atoms with E-state index in [2.05, 4.69) is 15.4 Å². The van der Waals surface area contributed by atoms with Crippen LogP contribution >= 0.6 is 11.6 Å². The van der Waals surface area contributed by atoms with Crippen LogP contribution < -0.4 is 10.9 Å². The SMILES string of the molecule is O=c1c2cnn(Cc3ccccc3F)c2ccn1-c1cc(N[C@@H]2C[C@@H](O)C[C@H]2O)ncc1Cl. The smallest absolute Gasteiger partial charge is 0.266 e. The molecule has 4 aromatic rings. The molecule has 0 saturated heterocycles. The van der Waals surface area contributed by atoms with Crippen molar-refractivity contribution in [1.82, 2.24) is 19.3 Å². The average molecular weight is 470 g/mol. The lowest BCUT2D eigenvalue weighted by Crippen LogP contribution is -2.28. The van der Waals surface area contributed by atoms with Crippen molar-refractivity contribution in [2.45, 2.75) is 37.6 Å². The lowest BCUT2D eigenvalue weighted by atomic mass is 10.2. The van der Waals surface area contributed by atoms with Crippen LogP contribution in [0, 0.1) is 5.82 Å². The third-order valence-electron chi connectivity index (χ3n) is 5.92. The normalized spacial score (nSPS) is 20.4. The molecule has 0 amide bonds. The van der Waals surface area contributed by atoms with Gasteiger partial charge in [0.15, 0.2) is 0 Å². The fourth-order valence-electron chi connectivity index (χ4n) is 4.21. The number of fused-ring (bicyclic) bond motifs is 1. The Morgan fingerprint density at radius 1 is 1.18 bits per heavy atom. The van der Waals surface area contributed by atoms with Crippen molar-refractivity contribution in [2.24, 2.45) is 0 Å². The number of anilines is 1. The number of nitrogens with zero attached hydrogens (tertiary/aromatic N) is 4. The molecule has 0 bridgehead atoms. The van der Waals surface area contributed by atoms with Crippen LogP contribution in [-0.4, -0.2) is 47.8 Å². The Kier molecular flexibility index (Phi) is 5.61. The summed E-state index contributed by atoms with van der Waals surface area (Å²) in [5, 5.41) is 27.9. The van der Waals surface area contributed by atoms with Crippen molar-refractivity contribution in [3.05, 3.63) is 81.7 Å². The van der Waals surface area contributed by atoms with E-state index in [0.29, 0.717) is 40.8 Å². The lowest BCUT2D eigenvalue weighted by Gasteiger charge is -2.18.